The summed E-state index contributed by atoms with van der Waals surface area (Å²) in [6.45, 7) is 3.80. The Morgan fingerprint density at radius 3 is 2.55 bits per heavy atom. The Labute approximate surface area is 124 Å². The number of isocyanates is 1. The number of amides is 1. The van der Waals surface area contributed by atoms with E-state index in [-0.39, 0.29) is 11.6 Å². The first kappa shape index (κ1) is 14.7. The summed E-state index contributed by atoms with van der Waals surface area (Å²) in [7, 11) is 0. The van der Waals surface area contributed by atoms with Crippen molar-refractivity contribution in [3.8, 4) is 0 Å². The van der Waals surface area contributed by atoms with Crippen molar-refractivity contribution in [2.45, 2.75) is 6.92 Å². The zero-order valence-corrected chi connectivity index (χ0v) is 12.5. The molecular weight excluding hydrogens is 329 g/mol. The summed E-state index contributed by atoms with van der Waals surface area (Å²) in [5.74, 6) is -0.416. The maximum atomic E-state index is 14.1. The number of anilines is 1. The Balaban J connectivity index is 2.20. The zero-order chi connectivity index (χ0) is 14.7. The van der Waals surface area contributed by atoms with Crippen LogP contribution in [0.3, 0.4) is 0 Å². The predicted molar refractivity (Wildman–Crippen MR) is 76.3 cm³/mol. The monoisotopic (exact) mass is 341 g/mol. The molecule has 20 heavy (non-hydrogen) atoms. The number of carbonyl (C=O) groups is 1. The highest BCUT2D eigenvalue weighted by atomic mass is 79.9. The largest absolute Gasteiger partial charge is 0.366 e. The lowest BCUT2D eigenvalue weighted by atomic mass is 10.2. The maximum absolute atomic E-state index is 14.1. The van der Waals surface area contributed by atoms with Crippen LogP contribution in [0.15, 0.2) is 21.6 Å². The Bertz CT molecular complexity index is 579. The fourth-order valence-corrected chi connectivity index (χ4v) is 2.59. The van der Waals surface area contributed by atoms with Gasteiger partial charge in [0.1, 0.15) is 5.82 Å². The molecule has 106 valence electrons. The molecule has 0 N–H and O–H groups in total. The minimum Gasteiger partial charge on any atom is -0.366 e. The van der Waals surface area contributed by atoms with Crippen LogP contribution in [0.5, 0.6) is 0 Å². The van der Waals surface area contributed by atoms with Gasteiger partial charge in [-0.1, -0.05) is 0 Å². The van der Waals surface area contributed by atoms with E-state index >= 15 is 0 Å². The first-order chi connectivity index (χ1) is 9.52. The quantitative estimate of drug-likeness (QED) is 0.612. The van der Waals surface area contributed by atoms with Gasteiger partial charge in [-0.15, -0.1) is 0 Å². The molecular formula is C13H13BrFN3O2. The minimum absolute atomic E-state index is 0.0296. The van der Waals surface area contributed by atoms with Crippen molar-refractivity contribution in [3.05, 3.63) is 22.4 Å². The van der Waals surface area contributed by atoms with Gasteiger partial charge in [0.05, 0.1) is 11.4 Å². The number of aliphatic imine (C=N–C) groups is 1. The van der Waals surface area contributed by atoms with Crippen LogP contribution in [0.4, 0.5) is 15.8 Å². The van der Waals surface area contributed by atoms with Gasteiger partial charge >= 0.3 is 0 Å². The summed E-state index contributed by atoms with van der Waals surface area (Å²) in [5, 5.41) is 0. The summed E-state index contributed by atoms with van der Waals surface area (Å²) >= 11 is 3.25. The van der Waals surface area contributed by atoms with Crippen LogP contribution in [0, 0.1) is 5.82 Å². The molecule has 1 amide bonds. The molecule has 1 saturated heterocycles. The first-order valence-corrected chi connectivity index (χ1v) is 6.89. The number of hydrogen-bond acceptors (Lipinski definition) is 4. The van der Waals surface area contributed by atoms with E-state index < -0.39 is 5.82 Å². The number of nitrogens with zero attached hydrogens (tertiary/aromatic N) is 3. The van der Waals surface area contributed by atoms with Crippen LogP contribution in [0.1, 0.15) is 6.92 Å². The van der Waals surface area contributed by atoms with Crippen LogP contribution in [0.2, 0.25) is 0 Å². The number of halogens is 2. The van der Waals surface area contributed by atoms with Crippen molar-refractivity contribution in [3.63, 3.8) is 0 Å². The second kappa shape index (κ2) is 6.15. The van der Waals surface area contributed by atoms with Crippen molar-refractivity contribution >= 4 is 39.3 Å². The lowest BCUT2D eigenvalue weighted by Gasteiger charge is -2.35. The van der Waals surface area contributed by atoms with E-state index in [0.29, 0.717) is 36.3 Å². The molecule has 1 fully saturated rings. The number of piperazine rings is 1. The average molecular weight is 342 g/mol. The number of carbonyl (C=O) groups excluding carboxylic acids is 2. The summed E-state index contributed by atoms with van der Waals surface area (Å²) in [6, 6.07) is 2.79. The minimum atomic E-state index is -0.446. The second-order valence-corrected chi connectivity index (χ2v) is 5.31. The van der Waals surface area contributed by atoms with E-state index in [1.165, 1.54) is 19.1 Å². The third-order valence-corrected chi connectivity index (χ3v) is 3.88. The van der Waals surface area contributed by atoms with E-state index in [1.807, 2.05) is 4.90 Å². The molecule has 2 rings (SSSR count). The fraction of sp³-hybridized carbons (Fsp3) is 0.385. The van der Waals surface area contributed by atoms with Crippen LogP contribution in [-0.2, 0) is 9.59 Å². The molecule has 1 aliphatic heterocycles. The van der Waals surface area contributed by atoms with Gasteiger partial charge in [-0.2, -0.15) is 4.99 Å². The van der Waals surface area contributed by atoms with Gasteiger partial charge in [0.2, 0.25) is 12.0 Å². The molecule has 5 nitrogen and oxygen atoms in total. The molecule has 0 aromatic heterocycles. The summed E-state index contributed by atoms with van der Waals surface area (Å²) < 4.78 is 14.6. The van der Waals surface area contributed by atoms with E-state index in [1.54, 1.807) is 11.0 Å². The zero-order valence-electron chi connectivity index (χ0n) is 10.9. The fourth-order valence-electron chi connectivity index (χ4n) is 2.17. The number of benzene rings is 1. The van der Waals surface area contributed by atoms with Gasteiger partial charge in [0.25, 0.3) is 0 Å². The third kappa shape index (κ3) is 3.05. The van der Waals surface area contributed by atoms with Crippen molar-refractivity contribution in [1.29, 1.82) is 0 Å². The Morgan fingerprint density at radius 2 is 2.00 bits per heavy atom. The average Bonchev–Trinajstić information content (AvgIpc) is 2.43. The Hall–Kier alpha value is -1.72. The number of hydrogen-bond donors (Lipinski definition) is 0. The third-order valence-electron chi connectivity index (χ3n) is 3.25. The summed E-state index contributed by atoms with van der Waals surface area (Å²) in [6.07, 6.45) is 1.39. The van der Waals surface area contributed by atoms with Gasteiger partial charge in [-0.25, -0.2) is 9.18 Å². The Kier molecular flexibility index (Phi) is 4.52. The summed E-state index contributed by atoms with van der Waals surface area (Å²) in [4.78, 5) is 28.5. The van der Waals surface area contributed by atoms with E-state index in [4.69, 9.17) is 0 Å². The SMILES string of the molecule is CC(=O)N1CCN(c2cc(Br)c(N=C=O)cc2F)CC1. The molecule has 0 saturated carbocycles. The molecule has 0 atom stereocenters. The highest BCUT2D eigenvalue weighted by Gasteiger charge is 2.21. The topological polar surface area (TPSA) is 53.0 Å². The summed E-state index contributed by atoms with van der Waals surface area (Å²) in [5.41, 5.74) is 0.647. The normalized spacial score (nSPS) is 14.9. The standard InChI is InChI=1S/C13H13BrFN3O2/c1-9(20)17-2-4-18(5-3-17)13-6-10(14)12(16-8-19)7-11(13)15/h6-7H,2-5H2,1H3. The van der Waals surface area contributed by atoms with Crippen molar-refractivity contribution in [1.82, 2.24) is 4.90 Å². The highest BCUT2D eigenvalue weighted by molar-refractivity contribution is 9.10. The maximum Gasteiger partial charge on any atom is 0.240 e. The van der Waals surface area contributed by atoms with Crippen molar-refractivity contribution < 1.29 is 14.0 Å². The molecule has 1 aromatic carbocycles. The van der Waals surface area contributed by atoms with E-state index in [2.05, 4.69) is 20.9 Å². The van der Waals surface area contributed by atoms with Crippen molar-refractivity contribution in [2.24, 2.45) is 4.99 Å². The first-order valence-electron chi connectivity index (χ1n) is 6.10. The molecule has 0 bridgehead atoms. The molecule has 0 unspecified atom stereocenters. The van der Waals surface area contributed by atoms with Gasteiger partial charge < -0.3 is 9.80 Å². The van der Waals surface area contributed by atoms with Crippen LogP contribution in [-0.4, -0.2) is 43.1 Å². The number of rotatable bonds is 2. The van der Waals surface area contributed by atoms with Gasteiger partial charge in [-0.05, 0) is 22.0 Å². The van der Waals surface area contributed by atoms with Gasteiger partial charge in [0, 0.05) is 43.6 Å². The smallest absolute Gasteiger partial charge is 0.240 e. The molecule has 7 heteroatoms. The molecule has 0 spiro atoms. The van der Waals surface area contributed by atoms with Crippen LogP contribution in [0.25, 0.3) is 0 Å². The molecule has 1 aromatic rings. The lowest BCUT2D eigenvalue weighted by Crippen LogP contribution is -2.48. The Morgan fingerprint density at radius 1 is 1.35 bits per heavy atom. The molecule has 1 heterocycles. The second-order valence-electron chi connectivity index (χ2n) is 4.45. The van der Waals surface area contributed by atoms with Crippen LogP contribution >= 0.6 is 15.9 Å². The molecule has 1 aliphatic rings. The van der Waals surface area contributed by atoms with Gasteiger partial charge in [-0.3, -0.25) is 4.79 Å². The van der Waals surface area contributed by atoms with E-state index in [9.17, 15) is 14.0 Å². The highest BCUT2D eigenvalue weighted by Crippen LogP contribution is 2.33. The molecule has 0 radical (unpaired) electrons. The van der Waals surface area contributed by atoms with Crippen molar-refractivity contribution in [2.75, 3.05) is 31.1 Å². The van der Waals surface area contributed by atoms with E-state index in [0.717, 1.165) is 0 Å². The lowest BCUT2D eigenvalue weighted by molar-refractivity contribution is -0.129. The molecule has 0 aliphatic carbocycles. The predicted octanol–water partition coefficient (Wildman–Crippen LogP) is 2.22. The van der Waals surface area contributed by atoms with Gasteiger partial charge in [0.15, 0.2) is 0 Å². The van der Waals surface area contributed by atoms with Crippen LogP contribution < -0.4 is 4.90 Å².